The van der Waals surface area contributed by atoms with E-state index in [1.165, 1.54) is 0 Å². The second kappa shape index (κ2) is 6.24. The van der Waals surface area contributed by atoms with E-state index in [4.69, 9.17) is 4.74 Å². The maximum Gasteiger partial charge on any atom is 0.191 e. The maximum atomic E-state index is 11.6. The molecule has 2 N–H and O–H groups in total. The zero-order valence-electron chi connectivity index (χ0n) is 14.3. The largest absolute Gasteiger partial charge is 0.377 e. The summed E-state index contributed by atoms with van der Waals surface area (Å²) >= 11 is 0. The predicted octanol–water partition coefficient (Wildman–Crippen LogP) is 0.790. The first-order valence-electron chi connectivity index (χ1n) is 8.70. The molecular formula is C16H29N3O3S. The van der Waals surface area contributed by atoms with E-state index >= 15 is 0 Å². The molecule has 132 valence electrons. The summed E-state index contributed by atoms with van der Waals surface area (Å²) in [4.78, 5) is 4.65. The molecule has 0 spiro atoms. The summed E-state index contributed by atoms with van der Waals surface area (Å²) < 4.78 is 29.0. The summed E-state index contributed by atoms with van der Waals surface area (Å²) in [5.41, 5.74) is 0.105. The molecule has 4 atom stereocenters. The van der Waals surface area contributed by atoms with Crippen molar-refractivity contribution < 1.29 is 13.2 Å². The number of hydrogen-bond acceptors (Lipinski definition) is 4. The van der Waals surface area contributed by atoms with Gasteiger partial charge in [0, 0.05) is 37.1 Å². The summed E-state index contributed by atoms with van der Waals surface area (Å²) in [5, 5.41) is 6.86. The highest BCUT2D eigenvalue weighted by Gasteiger charge is 2.59. The van der Waals surface area contributed by atoms with Crippen LogP contribution in [0.1, 0.15) is 33.6 Å². The van der Waals surface area contributed by atoms with Gasteiger partial charge in [-0.15, -0.1) is 0 Å². The number of aliphatic imine (C=N–C) groups is 1. The van der Waals surface area contributed by atoms with Crippen LogP contribution in [0.25, 0.3) is 0 Å². The molecule has 3 rings (SSSR count). The Morgan fingerprint density at radius 3 is 2.78 bits per heavy atom. The van der Waals surface area contributed by atoms with Crippen LogP contribution in [0.15, 0.2) is 4.99 Å². The van der Waals surface area contributed by atoms with Crippen molar-refractivity contribution in [3.05, 3.63) is 0 Å². The average Bonchev–Trinajstić information content (AvgIpc) is 3.06. The van der Waals surface area contributed by atoms with Crippen molar-refractivity contribution in [3.8, 4) is 0 Å². The number of guanidine groups is 1. The lowest BCUT2D eigenvalue weighted by molar-refractivity contribution is -0.106. The van der Waals surface area contributed by atoms with E-state index in [2.05, 4.69) is 29.5 Å². The number of hydrogen-bond donors (Lipinski definition) is 2. The highest BCUT2D eigenvalue weighted by molar-refractivity contribution is 7.91. The van der Waals surface area contributed by atoms with E-state index in [1.54, 1.807) is 0 Å². The fourth-order valence-electron chi connectivity index (χ4n) is 4.32. The Bertz CT molecular complexity index is 573. The van der Waals surface area contributed by atoms with Gasteiger partial charge in [-0.25, -0.2) is 8.42 Å². The highest BCUT2D eigenvalue weighted by Crippen LogP contribution is 2.52. The van der Waals surface area contributed by atoms with Crippen LogP contribution >= 0.6 is 0 Å². The van der Waals surface area contributed by atoms with Gasteiger partial charge in [0.25, 0.3) is 0 Å². The molecule has 7 heteroatoms. The van der Waals surface area contributed by atoms with Gasteiger partial charge in [0.15, 0.2) is 15.8 Å². The van der Waals surface area contributed by atoms with Gasteiger partial charge in [-0.05, 0) is 25.7 Å². The summed E-state index contributed by atoms with van der Waals surface area (Å²) in [6, 6.07) is 0.361. The molecular weight excluding hydrogens is 314 g/mol. The molecule has 3 aliphatic rings. The minimum atomic E-state index is -2.83. The molecule has 4 unspecified atom stereocenters. The molecule has 2 heterocycles. The summed E-state index contributed by atoms with van der Waals surface area (Å²) in [6.45, 7) is 8.75. The van der Waals surface area contributed by atoms with E-state index < -0.39 is 9.84 Å². The standard InChI is InChI=1S/C16H29N3O3S/c1-4-17-15(18-9-11-6-8-23(20,21)10-11)19-13-12-5-7-22-14(12)16(13,2)3/h11-14H,4-10H2,1-3H3,(H2,17,18,19). The van der Waals surface area contributed by atoms with Gasteiger partial charge in [0.05, 0.1) is 17.6 Å². The van der Waals surface area contributed by atoms with Crippen LogP contribution in [0.4, 0.5) is 0 Å². The average molecular weight is 343 g/mol. The molecule has 0 radical (unpaired) electrons. The summed E-state index contributed by atoms with van der Waals surface area (Å²) in [6.07, 6.45) is 2.19. The Morgan fingerprint density at radius 1 is 1.35 bits per heavy atom. The van der Waals surface area contributed by atoms with Crippen molar-refractivity contribution in [1.82, 2.24) is 10.6 Å². The van der Waals surface area contributed by atoms with Gasteiger partial charge in [0.2, 0.25) is 0 Å². The number of ether oxygens (including phenoxy) is 1. The van der Waals surface area contributed by atoms with Crippen LogP contribution in [0.2, 0.25) is 0 Å². The van der Waals surface area contributed by atoms with Gasteiger partial charge in [0.1, 0.15) is 0 Å². The molecule has 3 fully saturated rings. The maximum absolute atomic E-state index is 11.6. The van der Waals surface area contributed by atoms with Crippen molar-refractivity contribution in [3.63, 3.8) is 0 Å². The lowest BCUT2D eigenvalue weighted by Crippen LogP contribution is -2.68. The summed E-state index contributed by atoms with van der Waals surface area (Å²) in [5.74, 6) is 2.12. The second-order valence-electron chi connectivity index (χ2n) is 7.68. The first kappa shape index (κ1) is 17.0. The van der Waals surface area contributed by atoms with Gasteiger partial charge < -0.3 is 15.4 Å². The van der Waals surface area contributed by atoms with Gasteiger partial charge in [-0.2, -0.15) is 0 Å². The fraction of sp³-hybridized carbons (Fsp3) is 0.938. The Kier molecular flexibility index (Phi) is 4.62. The monoisotopic (exact) mass is 343 g/mol. The van der Waals surface area contributed by atoms with Crippen LogP contribution in [-0.2, 0) is 14.6 Å². The Balaban J connectivity index is 1.61. The molecule has 1 aliphatic carbocycles. The molecule has 0 amide bonds. The van der Waals surface area contributed by atoms with E-state index in [-0.39, 0.29) is 17.1 Å². The minimum Gasteiger partial charge on any atom is -0.377 e. The van der Waals surface area contributed by atoms with E-state index in [0.717, 1.165) is 32.0 Å². The van der Waals surface area contributed by atoms with E-state index in [0.29, 0.717) is 30.4 Å². The topological polar surface area (TPSA) is 79.8 Å². The molecule has 2 aliphatic heterocycles. The van der Waals surface area contributed by atoms with Crippen molar-refractivity contribution in [2.24, 2.45) is 22.2 Å². The Labute approximate surface area is 139 Å². The van der Waals surface area contributed by atoms with Gasteiger partial charge >= 0.3 is 0 Å². The van der Waals surface area contributed by atoms with Crippen molar-refractivity contribution in [2.75, 3.05) is 31.2 Å². The zero-order chi connectivity index (χ0) is 16.7. The van der Waals surface area contributed by atoms with Crippen molar-refractivity contribution in [1.29, 1.82) is 0 Å². The third-order valence-electron chi connectivity index (χ3n) is 5.57. The predicted molar refractivity (Wildman–Crippen MR) is 91.3 cm³/mol. The number of nitrogens with one attached hydrogen (secondary N) is 2. The number of rotatable bonds is 4. The Hall–Kier alpha value is -0.820. The molecule has 1 saturated carbocycles. The zero-order valence-corrected chi connectivity index (χ0v) is 15.2. The smallest absolute Gasteiger partial charge is 0.191 e. The third-order valence-corrected chi connectivity index (χ3v) is 7.41. The van der Waals surface area contributed by atoms with Crippen LogP contribution in [-0.4, -0.2) is 57.7 Å². The molecule has 6 nitrogen and oxygen atoms in total. The molecule has 0 aromatic carbocycles. The number of fused-ring (bicyclic) bond motifs is 1. The first-order valence-corrected chi connectivity index (χ1v) is 10.5. The van der Waals surface area contributed by atoms with E-state index in [9.17, 15) is 8.42 Å². The molecule has 0 aromatic heterocycles. The van der Waals surface area contributed by atoms with Crippen molar-refractivity contribution >= 4 is 15.8 Å². The van der Waals surface area contributed by atoms with Crippen molar-refractivity contribution in [2.45, 2.75) is 45.8 Å². The van der Waals surface area contributed by atoms with Crippen LogP contribution in [0.5, 0.6) is 0 Å². The minimum absolute atomic E-state index is 0.105. The number of sulfone groups is 1. The summed E-state index contributed by atoms with van der Waals surface area (Å²) in [7, 11) is -2.83. The van der Waals surface area contributed by atoms with Crippen LogP contribution in [0, 0.1) is 17.3 Å². The third kappa shape index (κ3) is 3.36. The lowest BCUT2D eigenvalue weighted by Gasteiger charge is -2.54. The second-order valence-corrected chi connectivity index (χ2v) is 9.90. The first-order chi connectivity index (χ1) is 10.8. The fourth-order valence-corrected chi connectivity index (χ4v) is 6.17. The molecule has 23 heavy (non-hydrogen) atoms. The Morgan fingerprint density at radius 2 is 2.13 bits per heavy atom. The molecule has 2 saturated heterocycles. The van der Waals surface area contributed by atoms with Crippen LogP contribution in [0.3, 0.4) is 0 Å². The van der Waals surface area contributed by atoms with Gasteiger partial charge in [-0.1, -0.05) is 13.8 Å². The quantitative estimate of drug-likeness (QED) is 0.583. The van der Waals surface area contributed by atoms with Crippen LogP contribution < -0.4 is 10.6 Å². The van der Waals surface area contributed by atoms with E-state index in [1.807, 2.05) is 6.92 Å². The van der Waals surface area contributed by atoms with Gasteiger partial charge in [-0.3, -0.25) is 4.99 Å². The SMILES string of the molecule is CCNC(=NCC1CCS(=O)(=O)C1)NC1C2CCOC2C1(C)C. The molecule has 0 aromatic rings. The number of nitrogens with zero attached hydrogens (tertiary/aromatic N) is 1. The molecule has 0 bridgehead atoms. The normalized spacial score (nSPS) is 38.0. The lowest BCUT2D eigenvalue weighted by atomic mass is 9.57. The highest BCUT2D eigenvalue weighted by atomic mass is 32.2.